The Morgan fingerprint density at radius 2 is 1.83 bits per heavy atom. The molecule has 0 bridgehead atoms. The Morgan fingerprint density at radius 1 is 1.10 bits per heavy atom. The van der Waals surface area contributed by atoms with Crippen molar-refractivity contribution in [2.75, 3.05) is 16.4 Å². The fraction of sp³-hybridized carbons (Fsp3) is 0.316. The van der Waals surface area contributed by atoms with Crippen molar-refractivity contribution in [2.45, 2.75) is 24.0 Å². The van der Waals surface area contributed by atoms with Crippen LogP contribution in [0.2, 0.25) is 10.0 Å². The first-order valence-corrected chi connectivity index (χ1v) is 12.4. The first-order valence-electron chi connectivity index (χ1n) is 8.85. The Labute approximate surface area is 186 Å². The summed E-state index contributed by atoms with van der Waals surface area (Å²) in [5, 5.41) is 1.09. The van der Waals surface area contributed by atoms with Crippen molar-refractivity contribution < 1.29 is 21.6 Å². The number of alkyl halides is 3. The van der Waals surface area contributed by atoms with Gasteiger partial charge in [0.1, 0.15) is 0 Å². The number of fused-ring (bicyclic) bond motifs is 1. The second kappa shape index (κ2) is 7.93. The molecular weight excluding hydrogens is 480 g/mol. The molecule has 2 atom stereocenters. The summed E-state index contributed by atoms with van der Waals surface area (Å²) >= 11 is 13.7. The van der Waals surface area contributed by atoms with E-state index in [4.69, 9.17) is 23.2 Å². The van der Waals surface area contributed by atoms with E-state index in [1.807, 2.05) is 12.1 Å². The summed E-state index contributed by atoms with van der Waals surface area (Å²) in [4.78, 5) is 6.06. The third-order valence-electron chi connectivity index (χ3n) is 4.96. The normalized spacial score (nSPS) is 22.8. The van der Waals surface area contributed by atoms with E-state index in [-0.39, 0.29) is 22.2 Å². The van der Waals surface area contributed by atoms with Gasteiger partial charge in [0.05, 0.1) is 39.9 Å². The maximum atomic E-state index is 13.3. The van der Waals surface area contributed by atoms with Crippen LogP contribution in [0.3, 0.4) is 0 Å². The summed E-state index contributed by atoms with van der Waals surface area (Å²) in [6, 6.07) is 9.11. The molecule has 4 nitrogen and oxygen atoms in total. The molecule has 0 amide bonds. The Kier molecular flexibility index (Phi) is 5.76. The van der Waals surface area contributed by atoms with Crippen LogP contribution in [0.25, 0.3) is 0 Å². The average molecular weight is 495 g/mol. The van der Waals surface area contributed by atoms with E-state index >= 15 is 0 Å². The molecule has 0 spiro atoms. The van der Waals surface area contributed by atoms with Gasteiger partial charge >= 0.3 is 6.18 Å². The zero-order valence-corrected chi connectivity index (χ0v) is 18.4. The van der Waals surface area contributed by atoms with Gasteiger partial charge in [-0.2, -0.15) is 13.2 Å². The quantitative estimate of drug-likeness (QED) is 0.581. The fourth-order valence-electron chi connectivity index (χ4n) is 3.55. The Morgan fingerprint density at radius 3 is 2.53 bits per heavy atom. The van der Waals surface area contributed by atoms with Crippen LogP contribution in [-0.2, 0) is 21.8 Å². The third kappa shape index (κ3) is 4.30. The van der Waals surface area contributed by atoms with Crippen LogP contribution in [-0.4, -0.2) is 37.2 Å². The molecule has 4 rings (SSSR count). The number of hydrogen-bond acceptors (Lipinski definition) is 5. The summed E-state index contributed by atoms with van der Waals surface area (Å²) < 4.78 is 64.1. The predicted molar refractivity (Wildman–Crippen MR) is 115 cm³/mol. The lowest BCUT2D eigenvalue weighted by atomic mass is 10.1. The number of nitrogens with zero attached hydrogens (tertiary/aromatic N) is 2. The van der Waals surface area contributed by atoms with E-state index in [1.54, 1.807) is 12.1 Å². The Balaban J connectivity index is 1.71. The molecule has 0 aliphatic carbocycles. The average Bonchev–Trinajstić information content (AvgIpc) is 3.11. The van der Waals surface area contributed by atoms with E-state index in [9.17, 15) is 21.6 Å². The van der Waals surface area contributed by atoms with E-state index < -0.39 is 33.7 Å². The smallest absolute Gasteiger partial charge is 0.313 e. The molecule has 2 unspecified atom stereocenters. The van der Waals surface area contributed by atoms with Gasteiger partial charge in [-0.25, -0.2) is 8.42 Å². The summed E-state index contributed by atoms with van der Waals surface area (Å²) in [5.74, 6) is 0.0998. The van der Waals surface area contributed by atoms with Crippen molar-refractivity contribution in [2.24, 2.45) is 4.99 Å². The van der Waals surface area contributed by atoms with Crippen LogP contribution in [0.5, 0.6) is 0 Å². The van der Waals surface area contributed by atoms with Crippen molar-refractivity contribution in [1.29, 1.82) is 0 Å². The lowest BCUT2D eigenvalue weighted by Crippen LogP contribution is -2.39. The molecule has 160 valence electrons. The zero-order chi connectivity index (χ0) is 21.7. The second-order valence-corrected chi connectivity index (χ2v) is 10.9. The fourth-order valence-corrected chi connectivity index (χ4v) is 7.00. The van der Waals surface area contributed by atoms with Crippen LogP contribution in [0.15, 0.2) is 47.5 Å². The summed E-state index contributed by atoms with van der Waals surface area (Å²) in [6.45, 7) is 0. The summed E-state index contributed by atoms with van der Waals surface area (Å²) in [6.07, 6.45) is -4.55. The van der Waals surface area contributed by atoms with Gasteiger partial charge in [-0.3, -0.25) is 4.99 Å². The molecule has 11 heteroatoms. The number of rotatable bonds is 3. The van der Waals surface area contributed by atoms with Crippen molar-refractivity contribution in [1.82, 2.24) is 0 Å². The van der Waals surface area contributed by atoms with Gasteiger partial charge in [0.25, 0.3) is 0 Å². The van der Waals surface area contributed by atoms with Crippen LogP contribution in [0.1, 0.15) is 11.1 Å². The largest absolute Gasteiger partial charge is 0.416 e. The molecule has 0 saturated carbocycles. The van der Waals surface area contributed by atoms with Crippen LogP contribution < -0.4 is 4.90 Å². The third-order valence-corrected chi connectivity index (χ3v) is 8.36. The number of thioether (sulfide) groups is 1. The molecule has 2 aromatic rings. The maximum absolute atomic E-state index is 13.3. The van der Waals surface area contributed by atoms with E-state index in [0.717, 1.165) is 17.7 Å². The Bertz CT molecular complexity index is 1120. The molecule has 30 heavy (non-hydrogen) atoms. The molecule has 1 fully saturated rings. The van der Waals surface area contributed by atoms with Gasteiger partial charge in [-0.05, 0) is 29.8 Å². The van der Waals surface area contributed by atoms with Gasteiger partial charge in [-0.15, -0.1) is 0 Å². The highest BCUT2D eigenvalue weighted by Crippen LogP contribution is 2.42. The molecule has 2 aliphatic rings. The molecular formula is C19H15Cl2F3N2O2S2. The summed E-state index contributed by atoms with van der Waals surface area (Å²) in [5.41, 5.74) is 0.0785. The van der Waals surface area contributed by atoms with Crippen molar-refractivity contribution in [3.05, 3.63) is 63.6 Å². The topological polar surface area (TPSA) is 49.7 Å². The van der Waals surface area contributed by atoms with Crippen LogP contribution in [0, 0.1) is 0 Å². The number of amidine groups is 1. The second-order valence-electron chi connectivity index (χ2n) is 7.04. The Hall–Kier alpha value is -1.42. The van der Waals surface area contributed by atoms with E-state index in [0.29, 0.717) is 15.9 Å². The monoisotopic (exact) mass is 494 g/mol. The standard InChI is InChI=1S/C19H15Cl2F3N2O2S2/c20-13-4-2-1-3-11(13)8-29-18-25-15-9-30(27,28)10-17(15)26(18)16-7-12(19(22,23)24)5-6-14(16)21/h1-7,15,17H,8-10H2. The number of aliphatic imine (C=N–C) groups is 1. The van der Waals surface area contributed by atoms with Crippen molar-refractivity contribution >= 4 is 55.7 Å². The predicted octanol–water partition coefficient (Wildman–Crippen LogP) is 5.29. The highest BCUT2D eigenvalue weighted by molar-refractivity contribution is 8.13. The first-order chi connectivity index (χ1) is 14.0. The number of halogens is 5. The minimum Gasteiger partial charge on any atom is -0.313 e. The zero-order valence-electron chi connectivity index (χ0n) is 15.2. The van der Waals surface area contributed by atoms with Crippen LogP contribution in [0.4, 0.5) is 18.9 Å². The molecule has 2 aliphatic heterocycles. The minimum atomic E-state index is -4.55. The highest BCUT2D eigenvalue weighted by Gasteiger charge is 2.48. The van der Waals surface area contributed by atoms with E-state index in [1.165, 1.54) is 22.7 Å². The highest BCUT2D eigenvalue weighted by atomic mass is 35.5. The summed E-state index contributed by atoms with van der Waals surface area (Å²) in [7, 11) is -3.34. The number of anilines is 1. The lowest BCUT2D eigenvalue weighted by molar-refractivity contribution is -0.137. The van der Waals surface area contributed by atoms with Gasteiger partial charge < -0.3 is 4.90 Å². The number of benzene rings is 2. The minimum absolute atomic E-state index is 0.0963. The SMILES string of the molecule is O=S1(=O)CC2N=C(SCc3ccccc3Cl)N(c3cc(C(F)(F)F)ccc3Cl)C2C1. The molecule has 2 heterocycles. The molecule has 0 radical (unpaired) electrons. The van der Waals surface area contributed by atoms with Crippen LogP contribution >= 0.6 is 35.0 Å². The molecule has 2 aromatic carbocycles. The molecule has 0 N–H and O–H groups in total. The molecule has 1 saturated heterocycles. The van der Waals surface area contributed by atoms with Gasteiger partial charge in [-0.1, -0.05) is 53.2 Å². The maximum Gasteiger partial charge on any atom is 0.416 e. The van der Waals surface area contributed by atoms with Gasteiger partial charge in [0.15, 0.2) is 15.0 Å². The number of sulfone groups is 1. The van der Waals surface area contributed by atoms with Crippen molar-refractivity contribution in [3.63, 3.8) is 0 Å². The van der Waals surface area contributed by atoms with Gasteiger partial charge in [0.2, 0.25) is 0 Å². The van der Waals surface area contributed by atoms with Crippen molar-refractivity contribution in [3.8, 4) is 0 Å². The first kappa shape index (κ1) is 21.8. The lowest BCUT2D eigenvalue weighted by Gasteiger charge is -2.28. The molecule has 0 aromatic heterocycles. The van der Waals surface area contributed by atoms with E-state index in [2.05, 4.69) is 4.99 Å². The van der Waals surface area contributed by atoms with Gasteiger partial charge in [0, 0.05) is 10.8 Å². The number of hydrogen-bond donors (Lipinski definition) is 0.